The van der Waals surface area contributed by atoms with E-state index in [4.69, 9.17) is 4.74 Å². The number of hydrogen-bond acceptors (Lipinski definition) is 1. The number of benzene rings is 1. The Bertz CT molecular complexity index is 294. The molecule has 1 unspecified atom stereocenters. The predicted octanol–water partition coefficient (Wildman–Crippen LogP) is 4.83. The second kappa shape index (κ2) is 8.57. The summed E-state index contributed by atoms with van der Waals surface area (Å²) in [5.41, 5.74) is 1.41. The number of alkyl halides is 1. The molecule has 0 heterocycles. The van der Waals surface area contributed by atoms with Gasteiger partial charge < -0.3 is 4.74 Å². The lowest BCUT2D eigenvalue weighted by atomic mass is 9.95. The third-order valence-electron chi connectivity index (χ3n) is 3.12. The lowest BCUT2D eigenvalue weighted by molar-refractivity contribution is 0.414. The molecule has 0 saturated carbocycles. The van der Waals surface area contributed by atoms with Crippen LogP contribution < -0.4 is 4.74 Å². The molecule has 0 radical (unpaired) electrons. The van der Waals surface area contributed by atoms with Gasteiger partial charge in [0.2, 0.25) is 0 Å². The molecule has 1 rings (SSSR count). The van der Waals surface area contributed by atoms with E-state index in [1.807, 2.05) is 12.1 Å². The molecule has 17 heavy (non-hydrogen) atoms. The number of unbranched alkanes of at least 4 members (excludes halogenated alkanes) is 2. The molecule has 1 aromatic rings. The second-order valence-corrected chi connectivity index (χ2v) is 5.22. The molecule has 0 fully saturated rings. The summed E-state index contributed by atoms with van der Waals surface area (Å²) in [6.07, 6.45) is 6.50. The van der Waals surface area contributed by atoms with Gasteiger partial charge in [-0.15, -0.1) is 0 Å². The molecule has 2 heteroatoms. The molecule has 0 aliphatic rings. The van der Waals surface area contributed by atoms with Crippen molar-refractivity contribution in [2.45, 2.75) is 39.0 Å². The van der Waals surface area contributed by atoms with Crippen LogP contribution >= 0.6 is 15.9 Å². The molecule has 1 nitrogen and oxygen atoms in total. The van der Waals surface area contributed by atoms with Gasteiger partial charge in [0.25, 0.3) is 0 Å². The summed E-state index contributed by atoms with van der Waals surface area (Å²) in [4.78, 5) is 0. The van der Waals surface area contributed by atoms with Gasteiger partial charge in [-0.05, 0) is 36.5 Å². The number of hydrogen-bond donors (Lipinski definition) is 0. The smallest absolute Gasteiger partial charge is 0.118 e. The van der Waals surface area contributed by atoms with Gasteiger partial charge in [-0.3, -0.25) is 0 Å². The standard InChI is InChI=1S/C15H23BrO/c1-3-4-5-6-14(12-16)11-13-7-9-15(17-2)10-8-13/h7-10,14H,3-6,11-12H2,1-2H3. The Balaban J connectivity index is 2.43. The Kier molecular flexibility index (Phi) is 7.34. The monoisotopic (exact) mass is 298 g/mol. The van der Waals surface area contributed by atoms with Crippen LogP contribution in [0.1, 0.15) is 38.2 Å². The van der Waals surface area contributed by atoms with Crippen LogP contribution in [0.5, 0.6) is 5.75 Å². The molecule has 0 bridgehead atoms. The molecule has 0 spiro atoms. The normalized spacial score (nSPS) is 12.4. The molecule has 0 amide bonds. The zero-order chi connectivity index (χ0) is 12.5. The van der Waals surface area contributed by atoms with Gasteiger partial charge in [0.1, 0.15) is 5.75 Å². The minimum atomic E-state index is 0.759. The summed E-state index contributed by atoms with van der Waals surface area (Å²) in [6.45, 7) is 2.26. The number of halogens is 1. The van der Waals surface area contributed by atoms with Crippen molar-refractivity contribution in [3.63, 3.8) is 0 Å². The van der Waals surface area contributed by atoms with E-state index in [0.717, 1.165) is 17.0 Å². The van der Waals surface area contributed by atoms with E-state index >= 15 is 0 Å². The Hall–Kier alpha value is -0.500. The first-order valence-electron chi connectivity index (χ1n) is 6.49. The van der Waals surface area contributed by atoms with Crippen molar-refractivity contribution in [2.24, 2.45) is 5.92 Å². The van der Waals surface area contributed by atoms with Crippen molar-refractivity contribution in [3.8, 4) is 5.75 Å². The van der Waals surface area contributed by atoms with Gasteiger partial charge in [-0.1, -0.05) is 54.2 Å². The SMILES string of the molecule is CCCCCC(CBr)Cc1ccc(OC)cc1. The Morgan fingerprint density at radius 2 is 1.88 bits per heavy atom. The first-order valence-corrected chi connectivity index (χ1v) is 7.61. The third kappa shape index (κ3) is 5.58. The molecular weight excluding hydrogens is 276 g/mol. The average Bonchev–Trinajstić information content (AvgIpc) is 2.38. The van der Waals surface area contributed by atoms with E-state index < -0.39 is 0 Å². The van der Waals surface area contributed by atoms with E-state index in [2.05, 4.69) is 35.0 Å². The van der Waals surface area contributed by atoms with Crippen molar-refractivity contribution in [2.75, 3.05) is 12.4 Å². The summed E-state index contributed by atoms with van der Waals surface area (Å²) in [5, 5.41) is 1.10. The van der Waals surface area contributed by atoms with Gasteiger partial charge in [0, 0.05) is 5.33 Å². The highest BCUT2D eigenvalue weighted by Crippen LogP contribution is 2.20. The number of rotatable bonds is 8. The van der Waals surface area contributed by atoms with Gasteiger partial charge >= 0.3 is 0 Å². The summed E-state index contributed by atoms with van der Waals surface area (Å²) in [5.74, 6) is 1.70. The van der Waals surface area contributed by atoms with E-state index in [1.165, 1.54) is 37.7 Å². The van der Waals surface area contributed by atoms with Crippen molar-refractivity contribution >= 4 is 15.9 Å². The first kappa shape index (κ1) is 14.6. The summed E-state index contributed by atoms with van der Waals surface area (Å²) >= 11 is 3.63. The van der Waals surface area contributed by atoms with Gasteiger partial charge in [-0.2, -0.15) is 0 Å². The molecular formula is C15H23BrO. The minimum Gasteiger partial charge on any atom is -0.497 e. The molecule has 0 N–H and O–H groups in total. The number of methoxy groups -OCH3 is 1. The highest BCUT2D eigenvalue weighted by atomic mass is 79.9. The van der Waals surface area contributed by atoms with Crippen LogP contribution in [-0.4, -0.2) is 12.4 Å². The predicted molar refractivity (Wildman–Crippen MR) is 78.1 cm³/mol. The van der Waals surface area contributed by atoms with Crippen molar-refractivity contribution in [3.05, 3.63) is 29.8 Å². The van der Waals surface area contributed by atoms with Gasteiger partial charge in [0.05, 0.1) is 7.11 Å². The highest BCUT2D eigenvalue weighted by molar-refractivity contribution is 9.09. The summed E-state index contributed by atoms with van der Waals surface area (Å²) < 4.78 is 5.17. The fraction of sp³-hybridized carbons (Fsp3) is 0.600. The fourth-order valence-electron chi connectivity index (χ4n) is 2.01. The van der Waals surface area contributed by atoms with Crippen LogP contribution in [0, 0.1) is 5.92 Å². The lowest BCUT2D eigenvalue weighted by Gasteiger charge is -2.14. The van der Waals surface area contributed by atoms with Gasteiger partial charge in [-0.25, -0.2) is 0 Å². The van der Waals surface area contributed by atoms with Crippen molar-refractivity contribution in [1.82, 2.24) is 0 Å². The zero-order valence-corrected chi connectivity index (χ0v) is 12.5. The average molecular weight is 299 g/mol. The van der Waals surface area contributed by atoms with Crippen LogP contribution in [0.2, 0.25) is 0 Å². The fourth-order valence-corrected chi connectivity index (χ4v) is 2.56. The van der Waals surface area contributed by atoms with E-state index in [1.54, 1.807) is 7.11 Å². The Labute approximate surface area is 114 Å². The maximum Gasteiger partial charge on any atom is 0.118 e. The van der Waals surface area contributed by atoms with Crippen LogP contribution in [0.4, 0.5) is 0 Å². The highest BCUT2D eigenvalue weighted by Gasteiger charge is 2.08. The quantitative estimate of drug-likeness (QED) is 0.493. The topological polar surface area (TPSA) is 9.23 Å². The third-order valence-corrected chi connectivity index (χ3v) is 4.03. The Morgan fingerprint density at radius 3 is 2.41 bits per heavy atom. The molecule has 1 aromatic carbocycles. The van der Waals surface area contributed by atoms with E-state index in [0.29, 0.717) is 0 Å². The lowest BCUT2D eigenvalue weighted by Crippen LogP contribution is -2.06. The maximum atomic E-state index is 5.17. The largest absolute Gasteiger partial charge is 0.497 e. The van der Waals surface area contributed by atoms with Crippen LogP contribution in [0.25, 0.3) is 0 Å². The molecule has 0 aromatic heterocycles. The van der Waals surface area contributed by atoms with Crippen LogP contribution in [-0.2, 0) is 6.42 Å². The number of ether oxygens (including phenoxy) is 1. The molecule has 0 saturated heterocycles. The van der Waals surface area contributed by atoms with Gasteiger partial charge in [0.15, 0.2) is 0 Å². The minimum absolute atomic E-state index is 0.759. The van der Waals surface area contributed by atoms with Crippen LogP contribution in [0.15, 0.2) is 24.3 Å². The van der Waals surface area contributed by atoms with Crippen molar-refractivity contribution < 1.29 is 4.74 Å². The zero-order valence-electron chi connectivity index (χ0n) is 10.9. The second-order valence-electron chi connectivity index (χ2n) is 4.57. The summed E-state index contributed by atoms with van der Waals surface area (Å²) in [7, 11) is 1.71. The first-order chi connectivity index (χ1) is 8.30. The maximum absolute atomic E-state index is 5.17. The van der Waals surface area contributed by atoms with Crippen molar-refractivity contribution in [1.29, 1.82) is 0 Å². The Morgan fingerprint density at radius 1 is 1.18 bits per heavy atom. The van der Waals surface area contributed by atoms with E-state index in [-0.39, 0.29) is 0 Å². The summed E-state index contributed by atoms with van der Waals surface area (Å²) in [6, 6.07) is 8.45. The molecule has 96 valence electrons. The molecule has 0 aliphatic heterocycles. The molecule has 0 aliphatic carbocycles. The molecule has 1 atom stereocenters. The van der Waals surface area contributed by atoms with E-state index in [9.17, 15) is 0 Å². The van der Waals surface area contributed by atoms with Crippen LogP contribution in [0.3, 0.4) is 0 Å².